The summed E-state index contributed by atoms with van der Waals surface area (Å²) in [6.07, 6.45) is 3.57. The number of nitrogens with zero attached hydrogens (tertiary/aromatic N) is 5. The van der Waals surface area contributed by atoms with E-state index in [2.05, 4.69) is 20.4 Å². The highest BCUT2D eigenvalue weighted by atomic mass is 19.1. The summed E-state index contributed by atoms with van der Waals surface area (Å²) in [5.74, 6) is -0.797. The van der Waals surface area contributed by atoms with Gasteiger partial charge in [-0.2, -0.15) is 10.1 Å². The summed E-state index contributed by atoms with van der Waals surface area (Å²) in [6, 6.07) is 3.27. The minimum absolute atomic E-state index is 0.0163. The number of hydrogen-bond acceptors (Lipinski definition) is 7. The maximum absolute atomic E-state index is 14.7. The van der Waals surface area contributed by atoms with Gasteiger partial charge in [-0.1, -0.05) is 0 Å². The molecular formula is C20H24FN7O2. The Morgan fingerprint density at radius 3 is 2.73 bits per heavy atom. The number of nitrogens with one attached hydrogen (secondary N) is 1. The van der Waals surface area contributed by atoms with Crippen LogP contribution in [0.1, 0.15) is 23.2 Å². The van der Waals surface area contributed by atoms with Crippen LogP contribution in [0, 0.1) is 5.82 Å². The van der Waals surface area contributed by atoms with E-state index in [4.69, 9.17) is 10.5 Å². The maximum Gasteiger partial charge on any atom is 0.256 e. The first-order valence-corrected chi connectivity index (χ1v) is 9.71. The summed E-state index contributed by atoms with van der Waals surface area (Å²) in [6.45, 7) is 1.81. The van der Waals surface area contributed by atoms with Crippen LogP contribution in [0.2, 0.25) is 0 Å². The molecular weight excluding hydrogens is 389 g/mol. The number of nitrogens with two attached hydrogens (primary N) is 1. The molecule has 0 spiro atoms. The second-order valence-corrected chi connectivity index (χ2v) is 7.41. The number of fused-ring (bicyclic) bond motifs is 1. The molecule has 1 amide bonds. The van der Waals surface area contributed by atoms with Crippen LogP contribution >= 0.6 is 0 Å². The van der Waals surface area contributed by atoms with Crippen molar-refractivity contribution < 1.29 is 13.9 Å². The van der Waals surface area contributed by atoms with Gasteiger partial charge in [0, 0.05) is 37.3 Å². The molecule has 158 valence electrons. The lowest BCUT2D eigenvalue weighted by atomic mass is 10.0. The predicted octanol–water partition coefficient (Wildman–Crippen LogP) is 1.47. The van der Waals surface area contributed by atoms with Gasteiger partial charge in [-0.3, -0.25) is 9.48 Å². The Kier molecular flexibility index (Phi) is 5.25. The van der Waals surface area contributed by atoms with Crippen molar-refractivity contribution in [2.75, 3.05) is 32.1 Å². The Labute approximate surface area is 173 Å². The number of rotatable bonds is 5. The van der Waals surface area contributed by atoms with E-state index in [1.165, 1.54) is 17.9 Å². The third-order valence-corrected chi connectivity index (χ3v) is 5.43. The highest BCUT2D eigenvalue weighted by molar-refractivity contribution is 6.02. The van der Waals surface area contributed by atoms with E-state index in [0.717, 1.165) is 25.9 Å². The number of benzene rings is 1. The Balaban J connectivity index is 1.89. The summed E-state index contributed by atoms with van der Waals surface area (Å²) < 4.78 is 21.6. The molecule has 1 aromatic carbocycles. The van der Waals surface area contributed by atoms with Crippen molar-refractivity contribution in [3.8, 4) is 17.1 Å². The number of carbonyl (C=O) groups excluding carboxylic acids is 1. The summed E-state index contributed by atoms with van der Waals surface area (Å²) in [7, 11) is 5.04. The van der Waals surface area contributed by atoms with Gasteiger partial charge < -0.3 is 20.7 Å². The monoisotopic (exact) mass is 413 g/mol. The van der Waals surface area contributed by atoms with Gasteiger partial charge in [0.25, 0.3) is 5.91 Å². The number of piperidine rings is 1. The maximum atomic E-state index is 14.7. The topological polar surface area (TPSA) is 111 Å². The zero-order valence-corrected chi connectivity index (χ0v) is 17.1. The lowest BCUT2D eigenvalue weighted by molar-refractivity contribution is 0.0997. The number of methoxy groups -OCH3 is 1. The molecule has 3 heterocycles. The quantitative estimate of drug-likeness (QED) is 0.651. The molecule has 3 N–H and O–H groups in total. The fourth-order valence-corrected chi connectivity index (χ4v) is 3.87. The molecule has 10 heteroatoms. The summed E-state index contributed by atoms with van der Waals surface area (Å²) >= 11 is 0. The smallest absolute Gasteiger partial charge is 0.256 e. The lowest BCUT2D eigenvalue weighted by Gasteiger charge is -2.32. The number of halogens is 1. The van der Waals surface area contributed by atoms with Gasteiger partial charge in [-0.25, -0.2) is 9.37 Å². The molecule has 0 saturated carbocycles. The molecule has 1 aliphatic heterocycles. The van der Waals surface area contributed by atoms with E-state index in [9.17, 15) is 9.18 Å². The van der Waals surface area contributed by atoms with Crippen LogP contribution in [-0.4, -0.2) is 58.9 Å². The predicted molar refractivity (Wildman–Crippen MR) is 111 cm³/mol. The SMILES string of the molecule is COc1nc(N(C)C2CCNCC2)nc(-c2cc(F)c3nn(C)cc3c2)c1C(N)=O. The molecule has 1 saturated heterocycles. The van der Waals surface area contributed by atoms with Gasteiger partial charge in [-0.15, -0.1) is 0 Å². The second-order valence-electron chi connectivity index (χ2n) is 7.41. The van der Waals surface area contributed by atoms with Crippen LogP contribution in [-0.2, 0) is 7.05 Å². The van der Waals surface area contributed by atoms with Crippen molar-refractivity contribution in [1.29, 1.82) is 0 Å². The fourth-order valence-electron chi connectivity index (χ4n) is 3.87. The summed E-state index contributed by atoms with van der Waals surface area (Å²) in [4.78, 5) is 23.3. The standard InChI is InChI=1S/C20H24FN7O2/c1-27-10-12-8-11(9-14(21)16(12)26-27)17-15(18(22)29)19(30-3)25-20(24-17)28(2)13-4-6-23-7-5-13/h8-10,13,23H,4-7H2,1-3H3,(H2,22,29). The number of aryl methyl sites for hydroxylation is 1. The van der Waals surface area contributed by atoms with Gasteiger partial charge >= 0.3 is 0 Å². The summed E-state index contributed by atoms with van der Waals surface area (Å²) in [5, 5.41) is 8.04. The van der Waals surface area contributed by atoms with Gasteiger partial charge in [0.2, 0.25) is 11.8 Å². The second kappa shape index (κ2) is 7.86. The Morgan fingerprint density at radius 2 is 2.07 bits per heavy atom. The highest BCUT2D eigenvalue weighted by Gasteiger charge is 2.26. The molecule has 0 unspecified atom stereocenters. The number of amides is 1. The third-order valence-electron chi connectivity index (χ3n) is 5.43. The van der Waals surface area contributed by atoms with E-state index in [-0.39, 0.29) is 28.7 Å². The number of hydrogen-bond donors (Lipinski definition) is 2. The van der Waals surface area contributed by atoms with Crippen LogP contribution in [0.4, 0.5) is 10.3 Å². The first kappa shape index (κ1) is 20.0. The minimum atomic E-state index is -0.746. The van der Waals surface area contributed by atoms with Crippen LogP contribution in [0.25, 0.3) is 22.2 Å². The molecule has 0 radical (unpaired) electrons. The fraction of sp³-hybridized carbons (Fsp3) is 0.400. The van der Waals surface area contributed by atoms with Crippen molar-refractivity contribution >= 4 is 22.8 Å². The van der Waals surface area contributed by atoms with Gasteiger partial charge in [-0.05, 0) is 38.1 Å². The molecule has 1 fully saturated rings. The van der Waals surface area contributed by atoms with Crippen molar-refractivity contribution in [1.82, 2.24) is 25.1 Å². The molecule has 0 atom stereocenters. The molecule has 9 nitrogen and oxygen atoms in total. The highest BCUT2D eigenvalue weighted by Crippen LogP contribution is 2.33. The minimum Gasteiger partial charge on any atom is -0.480 e. The Hall–Kier alpha value is -3.27. The van der Waals surface area contributed by atoms with E-state index < -0.39 is 11.7 Å². The van der Waals surface area contributed by atoms with Gasteiger partial charge in [0.1, 0.15) is 11.1 Å². The van der Waals surface area contributed by atoms with E-state index in [0.29, 0.717) is 16.9 Å². The number of carbonyl (C=O) groups is 1. The van der Waals surface area contributed by atoms with E-state index in [1.807, 2.05) is 11.9 Å². The normalized spacial score (nSPS) is 14.8. The van der Waals surface area contributed by atoms with Gasteiger partial charge in [0.15, 0.2) is 5.82 Å². The van der Waals surface area contributed by atoms with Crippen LogP contribution in [0.5, 0.6) is 5.88 Å². The summed E-state index contributed by atoms with van der Waals surface area (Å²) in [5.41, 5.74) is 6.52. The average Bonchev–Trinajstić information content (AvgIpc) is 3.13. The molecule has 1 aliphatic rings. The molecule has 2 aromatic heterocycles. The number of anilines is 1. The van der Waals surface area contributed by atoms with E-state index in [1.54, 1.807) is 19.3 Å². The zero-order chi connectivity index (χ0) is 21.4. The van der Waals surface area contributed by atoms with Crippen molar-refractivity contribution in [2.45, 2.75) is 18.9 Å². The Bertz CT molecular complexity index is 1110. The molecule has 4 rings (SSSR count). The number of aromatic nitrogens is 4. The molecule has 30 heavy (non-hydrogen) atoms. The molecule has 3 aromatic rings. The van der Waals surface area contributed by atoms with Crippen LogP contribution < -0.4 is 20.7 Å². The molecule has 0 bridgehead atoms. The van der Waals surface area contributed by atoms with Crippen LogP contribution in [0.15, 0.2) is 18.3 Å². The van der Waals surface area contributed by atoms with Crippen molar-refractivity contribution in [3.63, 3.8) is 0 Å². The lowest BCUT2D eigenvalue weighted by Crippen LogP contribution is -2.42. The van der Waals surface area contributed by atoms with Crippen molar-refractivity contribution in [3.05, 3.63) is 29.7 Å². The first-order chi connectivity index (χ1) is 14.4. The Morgan fingerprint density at radius 1 is 1.33 bits per heavy atom. The molecule has 0 aliphatic carbocycles. The third kappa shape index (κ3) is 3.54. The average molecular weight is 413 g/mol. The largest absolute Gasteiger partial charge is 0.480 e. The number of primary amides is 1. The number of ether oxygens (including phenoxy) is 1. The van der Waals surface area contributed by atoms with E-state index >= 15 is 0 Å². The first-order valence-electron chi connectivity index (χ1n) is 9.71. The zero-order valence-electron chi connectivity index (χ0n) is 17.1. The van der Waals surface area contributed by atoms with Crippen LogP contribution in [0.3, 0.4) is 0 Å². The van der Waals surface area contributed by atoms with Crippen molar-refractivity contribution in [2.24, 2.45) is 12.8 Å². The van der Waals surface area contributed by atoms with Gasteiger partial charge in [0.05, 0.1) is 12.8 Å².